The second kappa shape index (κ2) is 17.7. The Labute approximate surface area is 376 Å². The number of azide groups is 2. The fraction of sp³-hybridized carbons (Fsp3) is 0.0408. The van der Waals surface area contributed by atoms with Crippen LogP contribution in [-0.4, -0.2) is 45.2 Å². The zero-order chi connectivity index (χ0) is 47.6. The normalized spacial score (nSPS) is 14.3. The molecular weight excluding hydrogens is 863 g/mol. The summed E-state index contributed by atoms with van der Waals surface area (Å²) in [5, 5.41) is 37.9. The molecule has 0 bridgehead atoms. The van der Waals surface area contributed by atoms with Crippen LogP contribution >= 0.6 is 0 Å². The number of aliphatic carboxylic acids is 1. The van der Waals surface area contributed by atoms with E-state index in [9.17, 15) is 24.3 Å². The molecule has 8 aromatic rings. The number of phenolic OH excluding ortho intramolecular Hbond substituents is 1. The first-order chi connectivity index (χ1) is 32.2. The molecule has 67 heavy (non-hydrogen) atoms. The highest BCUT2D eigenvalue weighted by Gasteiger charge is 2.54. The van der Waals surface area contributed by atoms with E-state index in [1.54, 1.807) is 48.5 Å². The number of hydrogen-bond donors (Lipinski definition) is 4. The summed E-state index contributed by atoms with van der Waals surface area (Å²) >= 11 is 0. The van der Waals surface area contributed by atoms with Crippen LogP contribution in [0, 0.1) is 0 Å². The van der Waals surface area contributed by atoms with Crippen molar-refractivity contribution in [3.63, 3.8) is 0 Å². The molecule has 0 aromatic heterocycles. The zero-order valence-electron chi connectivity index (χ0n) is 34.6. The van der Waals surface area contributed by atoms with Crippen LogP contribution in [0.5, 0.6) is 17.2 Å². The van der Waals surface area contributed by atoms with Crippen molar-refractivity contribution in [2.75, 3.05) is 5.73 Å². The largest absolute Gasteiger partial charge is 0.507 e. The Balaban J connectivity index is 0.000000164. The SMILES string of the molecule is CC(=O)O.Nc1ccc2c(O)cccc2c1.O=C(O)c1ccc2c(c1)C(=O)OC2=O.[N-]=[N+]=Nc1ccc2c3c(ccc2c1)C1(OC(=O)c2ccccc21)c1ccc2cc(N=[N+]=[N-])ccc2c1O3. The van der Waals surface area contributed by atoms with Gasteiger partial charge in [-0.25, -0.2) is 19.2 Å². The predicted molar refractivity (Wildman–Crippen MR) is 244 cm³/mol. The molecule has 0 aliphatic carbocycles. The lowest BCUT2D eigenvalue weighted by atomic mass is 9.76. The van der Waals surface area contributed by atoms with Crippen LogP contribution in [0.2, 0.25) is 0 Å². The van der Waals surface area contributed by atoms with Crippen LogP contribution in [0.1, 0.15) is 65.0 Å². The Kier molecular flexibility index (Phi) is 11.6. The number of nitrogen functional groups attached to an aromatic ring is 1. The van der Waals surface area contributed by atoms with Gasteiger partial charge in [-0.3, -0.25) is 4.79 Å². The number of esters is 3. The van der Waals surface area contributed by atoms with E-state index in [0.29, 0.717) is 51.0 Å². The van der Waals surface area contributed by atoms with Gasteiger partial charge in [0.1, 0.15) is 17.2 Å². The van der Waals surface area contributed by atoms with Crippen molar-refractivity contribution < 1.29 is 53.5 Å². The molecule has 5 N–H and O–H groups in total. The van der Waals surface area contributed by atoms with E-state index in [-0.39, 0.29) is 16.7 Å². The average molecular weight is 894 g/mol. The van der Waals surface area contributed by atoms with Crippen molar-refractivity contribution in [2.24, 2.45) is 10.2 Å². The van der Waals surface area contributed by atoms with E-state index in [2.05, 4.69) is 24.8 Å². The van der Waals surface area contributed by atoms with Gasteiger partial charge in [0.15, 0.2) is 5.60 Å². The number of nitrogens with two attached hydrogens (primary N) is 1. The number of carboxylic acid groups (broad SMARTS) is 2. The Bertz CT molecular complexity index is 3430. The average Bonchev–Trinajstić information content (AvgIpc) is 3.77. The van der Waals surface area contributed by atoms with Crippen molar-refractivity contribution in [1.82, 2.24) is 0 Å². The van der Waals surface area contributed by atoms with Gasteiger partial charge < -0.3 is 35.3 Å². The second-order valence-corrected chi connectivity index (χ2v) is 14.8. The standard InChI is InChI=1S/C28H14N6O3.C10H9NO.C9H4O5.C2H4O2/c29-33-31-17-7-9-19-15(13-17)5-11-23-25(19)36-26-20-10-8-18(32-34-30)14-16(20)6-12-24(26)28(23)22-4-2-1-3-21(22)27(35)37-28;11-8-4-5-9-7(6-8)2-1-3-10(9)12;10-7(11)4-1-2-5-6(3-4)9(13)14-8(5)12;1-2(3)4/h1-14H;1-6,12H,11H2;1-3H,(H,10,11);1H3,(H,3,4). The number of phenols is 1. The number of benzene rings is 8. The van der Waals surface area contributed by atoms with E-state index < -0.39 is 35.4 Å². The minimum absolute atomic E-state index is 0.00917. The van der Waals surface area contributed by atoms with E-state index >= 15 is 0 Å². The summed E-state index contributed by atoms with van der Waals surface area (Å²) in [5.41, 5.74) is 26.5. The van der Waals surface area contributed by atoms with Gasteiger partial charge in [-0.1, -0.05) is 77.0 Å². The van der Waals surface area contributed by atoms with Crippen LogP contribution in [0.15, 0.2) is 150 Å². The molecule has 1 spiro atoms. The van der Waals surface area contributed by atoms with Gasteiger partial charge in [-0.05, 0) is 100 Å². The quantitative estimate of drug-likeness (QED) is 0.0321. The lowest BCUT2D eigenvalue weighted by Crippen LogP contribution is -2.33. The first-order valence-corrected chi connectivity index (χ1v) is 19.8. The molecule has 0 fully saturated rings. The number of fused-ring (bicyclic) bond motifs is 12. The molecule has 3 aliphatic rings. The van der Waals surface area contributed by atoms with Crippen molar-refractivity contribution in [2.45, 2.75) is 12.5 Å². The minimum Gasteiger partial charge on any atom is -0.507 e. The molecule has 11 rings (SSSR count). The lowest BCUT2D eigenvalue weighted by Gasteiger charge is -2.37. The van der Waals surface area contributed by atoms with Crippen LogP contribution in [-0.2, 0) is 19.9 Å². The summed E-state index contributed by atoms with van der Waals surface area (Å²) in [7, 11) is 0. The van der Waals surface area contributed by atoms with E-state index in [4.69, 9.17) is 41.3 Å². The lowest BCUT2D eigenvalue weighted by molar-refractivity contribution is -0.134. The third kappa shape index (κ3) is 8.13. The van der Waals surface area contributed by atoms with Crippen LogP contribution < -0.4 is 10.5 Å². The number of carboxylic acids is 2. The molecule has 0 unspecified atom stereocenters. The maximum Gasteiger partial charge on any atom is 0.346 e. The first kappa shape index (κ1) is 43.7. The summed E-state index contributed by atoms with van der Waals surface area (Å²) in [6.07, 6.45) is 0. The van der Waals surface area contributed by atoms with E-state index in [1.807, 2.05) is 72.8 Å². The molecule has 8 aromatic carbocycles. The smallest absolute Gasteiger partial charge is 0.346 e. The Morgan fingerprint density at radius 1 is 0.582 bits per heavy atom. The summed E-state index contributed by atoms with van der Waals surface area (Å²) in [5.74, 6) is -2.53. The molecule has 0 atom stereocenters. The third-order valence-corrected chi connectivity index (χ3v) is 10.7. The number of rotatable bonds is 3. The number of hydrogen-bond acceptors (Lipinski definition) is 12. The number of nitrogens with zero attached hydrogens (tertiary/aromatic N) is 6. The highest BCUT2D eigenvalue weighted by atomic mass is 16.6. The van der Waals surface area contributed by atoms with Crippen molar-refractivity contribution in [3.05, 3.63) is 199 Å². The number of carbonyl (C=O) groups excluding carboxylic acids is 3. The minimum atomic E-state index is -1.22. The Morgan fingerprint density at radius 3 is 1.75 bits per heavy atom. The van der Waals surface area contributed by atoms with Gasteiger partial charge in [0.05, 0.1) is 22.3 Å². The zero-order valence-corrected chi connectivity index (χ0v) is 34.6. The molecule has 18 heteroatoms. The van der Waals surface area contributed by atoms with Crippen LogP contribution in [0.25, 0.3) is 53.2 Å². The number of cyclic esters (lactones) is 2. The van der Waals surface area contributed by atoms with E-state index in [1.165, 1.54) is 12.1 Å². The van der Waals surface area contributed by atoms with Gasteiger partial charge in [-0.15, -0.1) is 0 Å². The fourth-order valence-electron chi connectivity index (χ4n) is 7.95. The number of ether oxygens (including phenoxy) is 3. The van der Waals surface area contributed by atoms with Crippen LogP contribution in [0.4, 0.5) is 17.1 Å². The maximum absolute atomic E-state index is 13.2. The summed E-state index contributed by atoms with van der Waals surface area (Å²) in [6, 6.07) is 40.1. The summed E-state index contributed by atoms with van der Waals surface area (Å²) < 4.78 is 17.2. The van der Waals surface area contributed by atoms with Gasteiger partial charge in [0, 0.05) is 66.7 Å². The van der Waals surface area contributed by atoms with Crippen molar-refractivity contribution in [3.8, 4) is 17.2 Å². The van der Waals surface area contributed by atoms with Gasteiger partial charge >= 0.3 is 23.9 Å². The number of aromatic hydroxyl groups is 1. The molecule has 0 saturated heterocycles. The highest BCUT2D eigenvalue weighted by Crippen LogP contribution is 2.59. The van der Waals surface area contributed by atoms with Gasteiger partial charge in [0.25, 0.3) is 5.97 Å². The summed E-state index contributed by atoms with van der Waals surface area (Å²) in [4.78, 5) is 60.5. The molecule has 0 radical (unpaired) electrons. The first-order valence-electron chi connectivity index (χ1n) is 19.8. The van der Waals surface area contributed by atoms with E-state index in [0.717, 1.165) is 50.9 Å². The fourth-order valence-corrected chi connectivity index (χ4v) is 7.95. The highest BCUT2D eigenvalue weighted by molar-refractivity contribution is 6.15. The predicted octanol–water partition coefficient (Wildman–Crippen LogP) is 11.4. The number of anilines is 1. The van der Waals surface area contributed by atoms with Crippen molar-refractivity contribution >= 4 is 79.2 Å². The molecule has 0 amide bonds. The monoisotopic (exact) mass is 893 g/mol. The third-order valence-electron chi connectivity index (χ3n) is 10.7. The molecule has 18 nitrogen and oxygen atoms in total. The summed E-state index contributed by atoms with van der Waals surface area (Å²) in [6.45, 7) is 1.08. The molecule has 328 valence electrons. The number of aromatic carboxylic acids is 1. The second-order valence-electron chi connectivity index (χ2n) is 14.8. The van der Waals surface area contributed by atoms with Crippen molar-refractivity contribution in [1.29, 1.82) is 0 Å². The Morgan fingerprint density at radius 2 is 1.15 bits per heavy atom. The van der Waals surface area contributed by atoms with Crippen LogP contribution in [0.3, 0.4) is 0 Å². The van der Waals surface area contributed by atoms with Gasteiger partial charge in [-0.2, -0.15) is 0 Å². The topological polar surface area (TPSA) is 297 Å². The molecule has 0 saturated carbocycles. The molecular formula is C49H31N7O11. The molecule has 3 heterocycles. The Hall–Kier alpha value is -9.89. The maximum atomic E-state index is 13.2. The molecule has 3 aliphatic heterocycles. The van der Waals surface area contributed by atoms with Gasteiger partial charge in [0.2, 0.25) is 0 Å². The number of carbonyl (C=O) groups is 5.